The van der Waals surface area contributed by atoms with E-state index in [0.29, 0.717) is 5.92 Å². The first kappa shape index (κ1) is 13.9. The first-order valence-electron chi connectivity index (χ1n) is 6.49. The third-order valence-corrected chi connectivity index (χ3v) is 2.39. The summed E-state index contributed by atoms with van der Waals surface area (Å²) in [6.07, 6.45) is 7.95. The summed E-state index contributed by atoms with van der Waals surface area (Å²) in [5, 5.41) is 7.59. The van der Waals surface area contributed by atoms with Gasteiger partial charge < -0.3 is 5.32 Å². The van der Waals surface area contributed by atoms with Crippen LogP contribution in [0.3, 0.4) is 0 Å². The van der Waals surface area contributed by atoms with E-state index < -0.39 is 0 Å². The lowest BCUT2D eigenvalue weighted by Crippen LogP contribution is -2.20. The predicted molar refractivity (Wildman–Crippen MR) is 71.7 cm³/mol. The molecule has 0 unspecified atom stereocenters. The lowest BCUT2D eigenvalue weighted by molar-refractivity contribution is 0.557. The molecule has 0 aliphatic rings. The molecule has 0 saturated carbocycles. The van der Waals surface area contributed by atoms with Crippen LogP contribution >= 0.6 is 0 Å². The van der Waals surface area contributed by atoms with Crippen molar-refractivity contribution in [3.63, 3.8) is 0 Å². The molecular formula is C13H24N4. The molecule has 4 nitrogen and oxygen atoms in total. The van der Waals surface area contributed by atoms with Crippen LogP contribution in [0.2, 0.25) is 0 Å². The highest BCUT2D eigenvalue weighted by molar-refractivity contribution is 5.39. The fraction of sp³-hybridized carbons (Fsp3) is 0.692. The summed E-state index contributed by atoms with van der Waals surface area (Å²) in [7, 11) is 0. The van der Waals surface area contributed by atoms with E-state index >= 15 is 0 Å². The van der Waals surface area contributed by atoms with Crippen LogP contribution in [0, 0.1) is 5.92 Å². The summed E-state index contributed by atoms with van der Waals surface area (Å²) in [6.45, 7) is 9.62. The number of rotatable bonds is 8. The average Bonchev–Trinajstić information content (AvgIpc) is 2.71. The second-order valence-corrected chi connectivity index (χ2v) is 4.63. The van der Waals surface area contributed by atoms with Crippen molar-refractivity contribution < 1.29 is 0 Å². The number of hydrogen-bond acceptors (Lipinski definition) is 3. The number of hydrogen-bond donors (Lipinski definition) is 1. The van der Waals surface area contributed by atoms with E-state index in [2.05, 4.69) is 48.3 Å². The second-order valence-electron chi connectivity index (χ2n) is 4.63. The quantitative estimate of drug-likeness (QED) is 0.704. The molecular weight excluding hydrogens is 212 g/mol. The Morgan fingerprint density at radius 2 is 2.29 bits per heavy atom. The van der Waals surface area contributed by atoms with E-state index in [1.54, 1.807) is 6.33 Å². The van der Waals surface area contributed by atoms with Crippen LogP contribution in [0.25, 0.3) is 6.08 Å². The summed E-state index contributed by atoms with van der Waals surface area (Å²) < 4.78 is 1.94. The van der Waals surface area contributed by atoms with Crippen molar-refractivity contribution in [1.82, 2.24) is 20.1 Å². The molecule has 1 aromatic rings. The average molecular weight is 236 g/mol. The van der Waals surface area contributed by atoms with Gasteiger partial charge >= 0.3 is 0 Å². The van der Waals surface area contributed by atoms with Gasteiger partial charge in [-0.2, -0.15) is 5.10 Å². The number of aromatic nitrogens is 3. The molecule has 17 heavy (non-hydrogen) atoms. The zero-order chi connectivity index (χ0) is 12.5. The SMILES string of the molecule is CCCn1ncnc1/C=C/CCNCC(C)C. The first-order valence-corrected chi connectivity index (χ1v) is 6.49. The summed E-state index contributed by atoms with van der Waals surface area (Å²) in [5.74, 6) is 1.67. The Balaban J connectivity index is 2.25. The first-order chi connectivity index (χ1) is 8.24. The molecule has 0 radical (unpaired) electrons. The highest BCUT2D eigenvalue weighted by atomic mass is 15.3. The van der Waals surface area contributed by atoms with Crippen LogP contribution in [0.5, 0.6) is 0 Å². The standard InChI is InChI=1S/C13H24N4/c1-4-9-17-13(15-11-16-17)7-5-6-8-14-10-12(2)3/h5,7,11-12,14H,4,6,8-10H2,1-3H3/b7-5+. The van der Waals surface area contributed by atoms with Crippen molar-refractivity contribution in [2.24, 2.45) is 5.92 Å². The van der Waals surface area contributed by atoms with Crippen molar-refractivity contribution >= 4 is 6.08 Å². The fourth-order valence-electron chi connectivity index (χ4n) is 1.55. The van der Waals surface area contributed by atoms with Crippen LogP contribution in [0.4, 0.5) is 0 Å². The molecule has 0 atom stereocenters. The Bertz CT molecular complexity index is 328. The molecule has 96 valence electrons. The minimum Gasteiger partial charge on any atom is -0.316 e. The lowest BCUT2D eigenvalue weighted by atomic mass is 10.2. The van der Waals surface area contributed by atoms with Gasteiger partial charge in [0.15, 0.2) is 0 Å². The van der Waals surface area contributed by atoms with E-state index in [9.17, 15) is 0 Å². The highest BCUT2D eigenvalue weighted by Gasteiger charge is 1.97. The Kier molecular flexibility index (Phi) is 6.55. The van der Waals surface area contributed by atoms with Crippen molar-refractivity contribution in [3.8, 4) is 0 Å². The Labute approximate surface area is 104 Å². The monoisotopic (exact) mass is 236 g/mol. The van der Waals surface area contributed by atoms with Gasteiger partial charge in [0.25, 0.3) is 0 Å². The van der Waals surface area contributed by atoms with Crippen LogP contribution in [-0.2, 0) is 6.54 Å². The van der Waals surface area contributed by atoms with Gasteiger partial charge in [0.2, 0.25) is 0 Å². The molecule has 0 aromatic carbocycles. The number of nitrogens with one attached hydrogen (secondary N) is 1. The van der Waals surface area contributed by atoms with E-state index in [1.807, 2.05) is 4.68 Å². The molecule has 0 aliphatic heterocycles. The maximum atomic E-state index is 4.23. The zero-order valence-corrected chi connectivity index (χ0v) is 11.2. The molecule has 0 saturated heterocycles. The summed E-state index contributed by atoms with van der Waals surface area (Å²) >= 11 is 0. The molecule has 1 heterocycles. The maximum Gasteiger partial charge on any atom is 0.150 e. The number of nitrogens with zero attached hydrogens (tertiary/aromatic N) is 3. The van der Waals surface area contributed by atoms with E-state index in [-0.39, 0.29) is 0 Å². The van der Waals surface area contributed by atoms with E-state index in [4.69, 9.17) is 0 Å². The normalized spacial score (nSPS) is 11.8. The molecule has 0 fully saturated rings. The van der Waals surface area contributed by atoms with Gasteiger partial charge in [0.1, 0.15) is 12.2 Å². The molecule has 0 spiro atoms. The summed E-state index contributed by atoms with van der Waals surface area (Å²) in [5.41, 5.74) is 0. The van der Waals surface area contributed by atoms with E-state index in [1.165, 1.54) is 0 Å². The molecule has 4 heteroatoms. The van der Waals surface area contributed by atoms with Gasteiger partial charge in [0.05, 0.1) is 0 Å². The predicted octanol–water partition coefficient (Wildman–Crippen LogP) is 2.34. The Morgan fingerprint density at radius 1 is 1.47 bits per heavy atom. The minimum absolute atomic E-state index is 0.714. The number of aryl methyl sites for hydroxylation is 1. The fourth-order valence-corrected chi connectivity index (χ4v) is 1.55. The molecule has 0 bridgehead atoms. The largest absolute Gasteiger partial charge is 0.316 e. The highest BCUT2D eigenvalue weighted by Crippen LogP contribution is 1.99. The topological polar surface area (TPSA) is 42.7 Å². The Hall–Kier alpha value is -1.16. The lowest BCUT2D eigenvalue weighted by Gasteiger charge is -2.04. The zero-order valence-electron chi connectivity index (χ0n) is 11.2. The summed E-state index contributed by atoms with van der Waals surface area (Å²) in [4.78, 5) is 4.23. The molecule has 1 rings (SSSR count). The van der Waals surface area contributed by atoms with Gasteiger partial charge in [-0.25, -0.2) is 9.67 Å². The maximum absolute atomic E-state index is 4.23. The van der Waals surface area contributed by atoms with Gasteiger partial charge in [-0.15, -0.1) is 0 Å². The second kappa shape index (κ2) is 8.01. The van der Waals surface area contributed by atoms with Crippen molar-refractivity contribution in [1.29, 1.82) is 0 Å². The molecule has 1 N–H and O–H groups in total. The summed E-state index contributed by atoms with van der Waals surface area (Å²) in [6, 6.07) is 0. The van der Waals surface area contributed by atoms with Crippen molar-refractivity contribution in [3.05, 3.63) is 18.2 Å². The van der Waals surface area contributed by atoms with Crippen LogP contribution in [-0.4, -0.2) is 27.9 Å². The van der Waals surface area contributed by atoms with Crippen LogP contribution in [0.15, 0.2) is 12.4 Å². The third-order valence-electron chi connectivity index (χ3n) is 2.39. The van der Waals surface area contributed by atoms with Gasteiger partial charge in [0, 0.05) is 6.54 Å². The Morgan fingerprint density at radius 3 is 3.00 bits per heavy atom. The minimum atomic E-state index is 0.714. The van der Waals surface area contributed by atoms with E-state index in [0.717, 1.165) is 38.3 Å². The van der Waals surface area contributed by atoms with Crippen molar-refractivity contribution in [2.75, 3.05) is 13.1 Å². The van der Waals surface area contributed by atoms with Crippen LogP contribution in [0.1, 0.15) is 39.4 Å². The molecule has 0 amide bonds. The van der Waals surface area contributed by atoms with Gasteiger partial charge in [-0.05, 0) is 37.9 Å². The smallest absolute Gasteiger partial charge is 0.150 e. The molecule has 0 aliphatic carbocycles. The third kappa shape index (κ3) is 5.63. The van der Waals surface area contributed by atoms with Crippen molar-refractivity contribution in [2.45, 2.75) is 40.2 Å². The van der Waals surface area contributed by atoms with Gasteiger partial charge in [-0.3, -0.25) is 0 Å². The van der Waals surface area contributed by atoms with Crippen LogP contribution < -0.4 is 5.32 Å². The molecule has 1 aromatic heterocycles. The van der Waals surface area contributed by atoms with Gasteiger partial charge in [-0.1, -0.05) is 26.8 Å².